The summed E-state index contributed by atoms with van der Waals surface area (Å²) in [4.78, 5) is 21.7. The number of alkyl halides is 3. The van der Waals surface area contributed by atoms with Crippen LogP contribution in [-0.2, 0) is 25.7 Å². The minimum absolute atomic E-state index is 0.0260. The molecule has 2 N–H and O–H groups in total. The lowest BCUT2D eigenvalue weighted by Crippen LogP contribution is -2.35. The summed E-state index contributed by atoms with van der Waals surface area (Å²) >= 11 is 0. The molecule has 168 valence electrons. The topological polar surface area (TPSA) is 78.5 Å². The number of nitrogens with zero attached hydrogens (tertiary/aromatic N) is 2. The second kappa shape index (κ2) is 8.27. The maximum atomic E-state index is 13.9. The molecule has 1 aliphatic heterocycles. The van der Waals surface area contributed by atoms with E-state index in [2.05, 4.69) is 9.97 Å². The zero-order valence-corrected chi connectivity index (χ0v) is 17.0. The Bertz CT molecular complexity index is 1210. The van der Waals surface area contributed by atoms with Crippen LogP contribution in [0.25, 0.3) is 11.4 Å². The maximum absolute atomic E-state index is 13.9. The number of aromatic nitrogens is 2. The van der Waals surface area contributed by atoms with Gasteiger partial charge in [-0.25, -0.2) is 9.37 Å². The van der Waals surface area contributed by atoms with Crippen LogP contribution >= 0.6 is 0 Å². The highest BCUT2D eigenvalue weighted by atomic mass is 19.4. The number of rotatable bonds is 4. The molecule has 0 atom stereocenters. The molecule has 4 rings (SSSR count). The van der Waals surface area contributed by atoms with Gasteiger partial charge in [0.1, 0.15) is 5.82 Å². The van der Waals surface area contributed by atoms with E-state index in [1.54, 1.807) is 0 Å². The highest BCUT2D eigenvalue weighted by molar-refractivity contribution is 5.56. The summed E-state index contributed by atoms with van der Waals surface area (Å²) in [6.07, 6.45) is -3.99. The van der Waals surface area contributed by atoms with Gasteiger partial charge in [0.25, 0.3) is 5.56 Å². The number of methoxy groups -OCH3 is 1. The van der Waals surface area contributed by atoms with Gasteiger partial charge in [0.15, 0.2) is 17.3 Å². The monoisotopic (exact) mass is 449 g/mol. The first-order valence-electron chi connectivity index (χ1n) is 9.73. The first kappa shape index (κ1) is 21.8. The summed E-state index contributed by atoms with van der Waals surface area (Å²) in [6.45, 7) is 1.14. The quantitative estimate of drug-likeness (QED) is 0.592. The summed E-state index contributed by atoms with van der Waals surface area (Å²) in [5, 5.41) is 9.65. The zero-order chi connectivity index (χ0) is 23.0. The predicted octanol–water partition coefficient (Wildman–Crippen LogP) is 3.87. The molecule has 32 heavy (non-hydrogen) atoms. The second-order valence-corrected chi connectivity index (χ2v) is 7.50. The van der Waals surface area contributed by atoms with E-state index in [-0.39, 0.29) is 23.7 Å². The number of H-pyrrole nitrogens is 1. The molecule has 0 amide bonds. The van der Waals surface area contributed by atoms with Crippen molar-refractivity contribution in [2.75, 3.05) is 13.7 Å². The molecule has 10 heteroatoms. The van der Waals surface area contributed by atoms with Crippen LogP contribution in [0.4, 0.5) is 17.6 Å². The van der Waals surface area contributed by atoms with Gasteiger partial charge < -0.3 is 14.8 Å². The van der Waals surface area contributed by atoms with Crippen molar-refractivity contribution in [2.45, 2.75) is 25.7 Å². The molecule has 1 aliphatic rings. The lowest BCUT2D eigenvalue weighted by molar-refractivity contribution is -0.137. The fraction of sp³-hybridized carbons (Fsp3) is 0.273. The summed E-state index contributed by atoms with van der Waals surface area (Å²) in [7, 11) is 1.33. The number of halogens is 4. The number of phenols is 1. The molecule has 0 aliphatic carbocycles. The summed E-state index contributed by atoms with van der Waals surface area (Å²) in [5.74, 6) is -1.12. The van der Waals surface area contributed by atoms with Crippen LogP contribution in [-0.4, -0.2) is 33.6 Å². The molecule has 0 saturated heterocycles. The van der Waals surface area contributed by atoms with Crippen molar-refractivity contribution in [3.05, 3.63) is 75.0 Å². The molecule has 0 bridgehead atoms. The van der Waals surface area contributed by atoms with E-state index in [0.29, 0.717) is 41.9 Å². The van der Waals surface area contributed by atoms with Crippen LogP contribution in [0.3, 0.4) is 0 Å². The number of ether oxygens (including phenoxy) is 1. The number of aromatic hydroxyl groups is 1. The SMILES string of the molecule is COc1cc(CN2CCc3nc(-c4ccc(C(F)(F)F)cc4)[nH]c(=O)c3C2)cc(F)c1O. The van der Waals surface area contributed by atoms with Crippen LogP contribution in [0.15, 0.2) is 41.2 Å². The lowest BCUT2D eigenvalue weighted by Gasteiger charge is -2.28. The normalized spacial score (nSPS) is 14.3. The van der Waals surface area contributed by atoms with Gasteiger partial charge in [-0.15, -0.1) is 0 Å². The molecule has 2 aromatic carbocycles. The van der Waals surface area contributed by atoms with E-state index in [9.17, 15) is 27.5 Å². The van der Waals surface area contributed by atoms with E-state index in [4.69, 9.17) is 4.74 Å². The van der Waals surface area contributed by atoms with E-state index in [1.165, 1.54) is 31.4 Å². The van der Waals surface area contributed by atoms with Crippen LogP contribution in [0.1, 0.15) is 22.4 Å². The van der Waals surface area contributed by atoms with Crippen molar-refractivity contribution in [3.8, 4) is 22.9 Å². The standard InChI is InChI=1S/C22H19F4N3O3/c1-32-18-9-12(8-16(23)19(18)30)10-29-7-6-17-15(11-29)21(31)28-20(27-17)13-2-4-14(5-3-13)22(24,25)26/h2-5,8-9,30H,6-7,10-11H2,1H3,(H,27,28,31). The third-order valence-corrected chi connectivity index (χ3v) is 5.35. The summed E-state index contributed by atoms with van der Waals surface area (Å²) in [5.41, 5.74) is 0.842. The molecule has 0 unspecified atom stereocenters. The van der Waals surface area contributed by atoms with E-state index >= 15 is 0 Å². The fourth-order valence-electron chi connectivity index (χ4n) is 3.70. The number of aromatic amines is 1. The van der Waals surface area contributed by atoms with E-state index < -0.39 is 23.3 Å². The average Bonchev–Trinajstić information content (AvgIpc) is 2.76. The lowest BCUT2D eigenvalue weighted by atomic mass is 10.0. The number of nitrogens with one attached hydrogen (secondary N) is 1. The Kier molecular flexibility index (Phi) is 5.64. The van der Waals surface area contributed by atoms with Crippen molar-refractivity contribution < 1.29 is 27.4 Å². The van der Waals surface area contributed by atoms with Gasteiger partial charge in [0, 0.05) is 31.6 Å². The molecular weight excluding hydrogens is 430 g/mol. The summed E-state index contributed by atoms with van der Waals surface area (Å²) in [6, 6.07) is 7.18. The minimum Gasteiger partial charge on any atom is -0.502 e. The smallest absolute Gasteiger partial charge is 0.416 e. The molecule has 3 aromatic rings. The van der Waals surface area contributed by atoms with E-state index in [1.807, 2.05) is 4.90 Å². The Morgan fingerprint density at radius 3 is 2.59 bits per heavy atom. The highest BCUT2D eigenvalue weighted by Crippen LogP contribution is 2.32. The number of hydrogen-bond acceptors (Lipinski definition) is 5. The molecule has 0 fully saturated rings. The first-order valence-corrected chi connectivity index (χ1v) is 9.73. The maximum Gasteiger partial charge on any atom is 0.416 e. The molecule has 0 radical (unpaired) electrons. The van der Waals surface area contributed by atoms with Crippen molar-refractivity contribution in [2.24, 2.45) is 0 Å². The molecule has 0 saturated carbocycles. The number of hydrogen-bond donors (Lipinski definition) is 2. The van der Waals surface area contributed by atoms with Crippen LogP contribution in [0, 0.1) is 5.82 Å². The Labute approximate surface area is 180 Å². The number of benzene rings is 2. The van der Waals surface area contributed by atoms with Gasteiger partial charge in [-0.05, 0) is 29.8 Å². The Morgan fingerprint density at radius 1 is 1.22 bits per heavy atom. The van der Waals surface area contributed by atoms with Crippen molar-refractivity contribution in [1.29, 1.82) is 0 Å². The largest absolute Gasteiger partial charge is 0.502 e. The van der Waals surface area contributed by atoms with Crippen molar-refractivity contribution >= 4 is 0 Å². The van der Waals surface area contributed by atoms with Crippen molar-refractivity contribution in [3.63, 3.8) is 0 Å². The van der Waals surface area contributed by atoms with Gasteiger partial charge in [-0.3, -0.25) is 9.69 Å². The van der Waals surface area contributed by atoms with Crippen LogP contribution < -0.4 is 10.3 Å². The Morgan fingerprint density at radius 2 is 1.94 bits per heavy atom. The number of fused-ring (bicyclic) bond motifs is 1. The average molecular weight is 449 g/mol. The highest BCUT2D eigenvalue weighted by Gasteiger charge is 2.30. The molecule has 6 nitrogen and oxygen atoms in total. The third-order valence-electron chi connectivity index (χ3n) is 5.35. The molecular formula is C22H19F4N3O3. The summed E-state index contributed by atoms with van der Waals surface area (Å²) < 4.78 is 57.2. The Balaban J connectivity index is 1.55. The molecule has 1 aromatic heterocycles. The third kappa shape index (κ3) is 4.31. The van der Waals surface area contributed by atoms with Crippen LogP contribution in [0.5, 0.6) is 11.5 Å². The molecule has 0 spiro atoms. The minimum atomic E-state index is -4.44. The van der Waals surface area contributed by atoms with Gasteiger partial charge >= 0.3 is 6.18 Å². The van der Waals surface area contributed by atoms with Gasteiger partial charge in [-0.2, -0.15) is 13.2 Å². The van der Waals surface area contributed by atoms with E-state index in [0.717, 1.165) is 12.1 Å². The molecule has 2 heterocycles. The van der Waals surface area contributed by atoms with Crippen LogP contribution in [0.2, 0.25) is 0 Å². The second-order valence-electron chi connectivity index (χ2n) is 7.50. The fourth-order valence-corrected chi connectivity index (χ4v) is 3.70. The van der Waals surface area contributed by atoms with Gasteiger partial charge in [0.2, 0.25) is 0 Å². The Hall–Kier alpha value is -3.40. The van der Waals surface area contributed by atoms with Crippen molar-refractivity contribution in [1.82, 2.24) is 14.9 Å². The van der Waals surface area contributed by atoms with Gasteiger partial charge in [-0.1, -0.05) is 12.1 Å². The van der Waals surface area contributed by atoms with Gasteiger partial charge in [0.05, 0.1) is 23.9 Å². The zero-order valence-electron chi connectivity index (χ0n) is 17.0. The predicted molar refractivity (Wildman–Crippen MR) is 108 cm³/mol. The number of phenolic OH excluding ortho intramolecular Hbond substituents is 1. The first-order chi connectivity index (χ1) is 15.2.